The van der Waals surface area contributed by atoms with E-state index in [0.29, 0.717) is 5.69 Å². The monoisotopic (exact) mass is 311 g/mol. The molecule has 3 aromatic rings. The molecule has 0 aliphatic carbocycles. The fraction of sp³-hybridized carbons (Fsp3) is 0.0625. The molecule has 6 heteroatoms. The first kappa shape index (κ1) is 14.2. The molecule has 22 heavy (non-hydrogen) atoms. The van der Waals surface area contributed by atoms with E-state index in [2.05, 4.69) is 10.3 Å². The van der Waals surface area contributed by atoms with Crippen LogP contribution in [0.25, 0.3) is 22.4 Å². The number of para-hydroxylation sites is 1. The van der Waals surface area contributed by atoms with Crippen LogP contribution < -0.4 is 5.32 Å². The van der Waals surface area contributed by atoms with E-state index in [0.717, 1.165) is 20.8 Å². The van der Waals surface area contributed by atoms with Crippen molar-refractivity contribution in [3.63, 3.8) is 0 Å². The van der Waals surface area contributed by atoms with E-state index in [1.54, 1.807) is 30.5 Å². The Bertz CT molecular complexity index is 838. The molecule has 110 valence electrons. The first-order chi connectivity index (χ1) is 10.7. The van der Waals surface area contributed by atoms with Crippen molar-refractivity contribution < 1.29 is 4.92 Å². The summed E-state index contributed by atoms with van der Waals surface area (Å²) >= 11 is 1.59. The third kappa shape index (κ3) is 2.82. The van der Waals surface area contributed by atoms with Gasteiger partial charge < -0.3 is 5.32 Å². The lowest BCUT2D eigenvalue weighted by Gasteiger charge is -2.02. The first-order valence-corrected chi connectivity index (χ1v) is 7.49. The zero-order chi connectivity index (χ0) is 15.5. The van der Waals surface area contributed by atoms with E-state index >= 15 is 0 Å². The summed E-state index contributed by atoms with van der Waals surface area (Å²) in [7, 11) is 1.67. The van der Waals surface area contributed by atoms with Gasteiger partial charge in [-0.25, -0.2) is 4.98 Å². The molecule has 1 aromatic heterocycles. The fourth-order valence-electron chi connectivity index (χ4n) is 2.14. The standard InChI is InChI=1S/C16H13N3O2S/c1-17-12-8-6-11(10-14(12)19(20)21)7-9-16-18-13-4-2-3-5-15(13)22-16/h2-10,17H,1H3/b9-7+. The van der Waals surface area contributed by atoms with Crippen molar-refractivity contribution in [2.24, 2.45) is 0 Å². The minimum Gasteiger partial charge on any atom is -0.383 e. The van der Waals surface area contributed by atoms with Crippen LogP contribution in [0.5, 0.6) is 0 Å². The molecule has 0 aliphatic rings. The quantitative estimate of drug-likeness (QED) is 0.572. The van der Waals surface area contributed by atoms with Crippen molar-refractivity contribution in [2.75, 3.05) is 12.4 Å². The minimum absolute atomic E-state index is 0.0638. The Morgan fingerprint density at radius 3 is 2.77 bits per heavy atom. The Hall–Kier alpha value is -2.73. The number of thiazole rings is 1. The van der Waals surface area contributed by atoms with Gasteiger partial charge in [-0.05, 0) is 29.8 Å². The summed E-state index contributed by atoms with van der Waals surface area (Å²) in [5, 5.41) is 14.8. The number of hydrogen-bond acceptors (Lipinski definition) is 5. The molecule has 3 rings (SSSR count). The Morgan fingerprint density at radius 2 is 2.05 bits per heavy atom. The highest BCUT2D eigenvalue weighted by Crippen LogP contribution is 2.27. The summed E-state index contributed by atoms with van der Waals surface area (Å²) < 4.78 is 1.12. The van der Waals surface area contributed by atoms with Crippen molar-refractivity contribution in [1.82, 2.24) is 4.98 Å². The number of aromatic nitrogens is 1. The van der Waals surface area contributed by atoms with E-state index in [1.807, 2.05) is 42.5 Å². The second kappa shape index (κ2) is 5.95. The molecule has 2 aromatic carbocycles. The lowest BCUT2D eigenvalue weighted by atomic mass is 10.1. The van der Waals surface area contributed by atoms with E-state index in [4.69, 9.17) is 0 Å². The van der Waals surface area contributed by atoms with Crippen LogP contribution in [0.3, 0.4) is 0 Å². The number of anilines is 1. The molecule has 0 unspecified atom stereocenters. The Labute approximate surface area is 131 Å². The Balaban J connectivity index is 1.91. The van der Waals surface area contributed by atoms with Crippen LogP contribution in [0.2, 0.25) is 0 Å². The van der Waals surface area contributed by atoms with Crippen molar-refractivity contribution in [2.45, 2.75) is 0 Å². The third-order valence-corrected chi connectivity index (χ3v) is 4.22. The van der Waals surface area contributed by atoms with Crippen molar-refractivity contribution in [3.8, 4) is 0 Å². The van der Waals surface area contributed by atoms with Gasteiger partial charge in [0.1, 0.15) is 10.7 Å². The fourth-order valence-corrected chi connectivity index (χ4v) is 3.01. The Morgan fingerprint density at radius 1 is 1.23 bits per heavy atom. The number of rotatable bonds is 4. The van der Waals surface area contributed by atoms with Crippen LogP contribution in [-0.2, 0) is 0 Å². The third-order valence-electron chi connectivity index (χ3n) is 3.22. The number of fused-ring (bicyclic) bond motifs is 1. The van der Waals surface area contributed by atoms with Crippen LogP contribution in [0, 0.1) is 10.1 Å². The van der Waals surface area contributed by atoms with Gasteiger partial charge in [0, 0.05) is 13.1 Å². The average Bonchev–Trinajstić information content (AvgIpc) is 2.95. The lowest BCUT2D eigenvalue weighted by Crippen LogP contribution is -1.96. The van der Waals surface area contributed by atoms with Gasteiger partial charge in [0.05, 0.1) is 15.1 Å². The maximum Gasteiger partial charge on any atom is 0.292 e. The molecule has 0 atom stereocenters. The van der Waals surface area contributed by atoms with Crippen LogP contribution >= 0.6 is 11.3 Å². The van der Waals surface area contributed by atoms with Crippen molar-refractivity contribution >= 4 is 45.1 Å². The highest BCUT2D eigenvalue weighted by Gasteiger charge is 2.12. The molecule has 0 bridgehead atoms. The molecular weight excluding hydrogens is 298 g/mol. The van der Waals surface area contributed by atoms with Crippen molar-refractivity contribution in [3.05, 3.63) is 63.1 Å². The van der Waals surface area contributed by atoms with Gasteiger partial charge in [0.25, 0.3) is 5.69 Å². The van der Waals surface area contributed by atoms with Gasteiger partial charge in [0.15, 0.2) is 0 Å². The van der Waals surface area contributed by atoms with Crippen LogP contribution in [-0.4, -0.2) is 17.0 Å². The summed E-state index contributed by atoms with van der Waals surface area (Å²) in [5.74, 6) is 0. The van der Waals surface area contributed by atoms with Crippen LogP contribution in [0.1, 0.15) is 10.6 Å². The number of nitro groups is 1. The van der Waals surface area contributed by atoms with E-state index < -0.39 is 0 Å². The summed E-state index contributed by atoms with van der Waals surface area (Å²) in [6, 6.07) is 13.0. The summed E-state index contributed by atoms with van der Waals surface area (Å²) in [4.78, 5) is 15.2. The summed E-state index contributed by atoms with van der Waals surface area (Å²) in [5.41, 5.74) is 2.30. The molecule has 0 fully saturated rings. The molecule has 5 nitrogen and oxygen atoms in total. The lowest BCUT2D eigenvalue weighted by molar-refractivity contribution is -0.383. The summed E-state index contributed by atoms with van der Waals surface area (Å²) in [6.45, 7) is 0. The SMILES string of the molecule is CNc1ccc(/C=C/c2nc3ccccc3s2)cc1[N+](=O)[O-]. The molecule has 0 radical (unpaired) electrons. The molecule has 0 spiro atoms. The topological polar surface area (TPSA) is 68.1 Å². The Kier molecular flexibility index (Phi) is 3.84. The van der Waals surface area contributed by atoms with Gasteiger partial charge in [-0.1, -0.05) is 24.3 Å². The van der Waals surface area contributed by atoms with Crippen LogP contribution in [0.15, 0.2) is 42.5 Å². The second-order valence-corrected chi connectivity index (χ2v) is 5.70. The molecule has 0 saturated carbocycles. The molecule has 1 N–H and O–H groups in total. The highest BCUT2D eigenvalue weighted by atomic mass is 32.1. The predicted molar refractivity (Wildman–Crippen MR) is 91.2 cm³/mol. The first-order valence-electron chi connectivity index (χ1n) is 6.67. The maximum atomic E-state index is 11.1. The van der Waals surface area contributed by atoms with Gasteiger partial charge in [-0.2, -0.15) is 0 Å². The van der Waals surface area contributed by atoms with Gasteiger partial charge >= 0.3 is 0 Å². The largest absolute Gasteiger partial charge is 0.383 e. The number of nitrogens with one attached hydrogen (secondary N) is 1. The smallest absolute Gasteiger partial charge is 0.292 e. The van der Waals surface area contributed by atoms with Crippen molar-refractivity contribution in [1.29, 1.82) is 0 Å². The predicted octanol–water partition coefficient (Wildman–Crippen LogP) is 4.42. The maximum absolute atomic E-state index is 11.1. The number of nitro benzene ring substituents is 1. The minimum atomic E-state index is -0.388. The summed E-state index contributed by atoms with van der Waals surface area (Å²) in [6.07, 6.45) is 3.72. The van der Waals surface area contributed by atoms with Crippen LogP contribution in [0.4, 0.5) is 11.4 Å². The molecule has 0 aliphatic heterocycles. The van der Waals surface area contributed by atoms with Gasteiger partial charge in [-0.3, -0.25) is 10.1 Å². The molecule has 0 saturated heterocycles. The van der Waals surface area contributed by atoms with E-state index in [9.17, 15) is 10.1 Å². The average molecular weight is 311 g/mol. The molecule has 0 amide bonds. The number of benzene rings is 2. The molecular formula is C16H13N3O2S. The second-order valence-electron chi connectivity index (χ2n) is 4.64. The van der Waals surface area contributed by atoms with Gasteiger partial charge in [0.2, 0.25) is 0 Å². The molecule has 1 heterocycles. The van der Waals surface area contributed by atoms with Gasteiger partial charge in [-0.15, -0.1) is 11.3 Å². The highest BCUT2D eigenvalue weighted by molar-refractivity contribution is 7.19. The van der Waals surface area contributed by atoms with E-state index in [-0.39, 0.29) is 10.6 Å². The number of hydrogen-bond donors (Lipinski definition) is 1. The zero-order valence-corrected chi connectivity index (χ0v) is 12.6. The normalized spacial score (nSPS) is 11.1. The van der Waals surface area contributed by atoms with E-state index in [1.165, 1.54) is 0 Å². The number of nitrogens with zero attached hydrogens (tertiary/aromatic N) is 2. The zero-order valence-electron chi connectivity index (χ0n) is 11.8.